The molecule has 1 saturated carbocycles. The zero-order valence-electron chi connectivity index (χ0n) is 19.0. The maximum atomic E-state index is 14.0. The van der Waals surface area contributed by atoms with Crippen LogP contribution in [0.1, 0.15) is 28.0 Å². The van der Waals surface area contributed by atoms with Crippen LogP contribution in [-0.4, -0.2) is 75.6 Å². The molecule has 4 atom stereocenters. The molecule has 4 rings (SSSR count). The molecule has 2 aromatic heterocycles. The second kappa shape index (κ2) is 10.5. The Bertz CT molecular complexity index is 1420. The lowest BCUT2D eigenvalue weighted by Gasteiger charge is -2.19. The zero-order valence-corrected chi connectivity index (χ0v) is 19.9. The third-order valence-electron chi connectivity index (χ3n) is 5.70. The number of aliphatic hydroxyl groups excluding tert-OH is 2. The zero-order chi connectivity index (χ0) is 26.9. The van der Waals surface area contributed by atoms with Crippen LogP contribution in [0.5, 0.6) is 0 Å². The lowest BCUT2D eigenvalue weighted by atomic mass is 10.1. The molecule has 0 bridgehead atoms. The van der Waals surface area contributed by atoms with Gasteiger partial charge in [-0.05, 0) is 12.1 Å². The number of nitrogens with one attached hydrogen (secondary N) is 2. The maximum Gasteiger partial charge on any atom is 0.335 e. The SMILES string of the molecule is CNS(=O)(=O)O[C@@H]1C[C@@H](Nc2ncncc2C(=O)c2ccn(Cc3cc(F)c(F)cc3F)n2)[C@H](O)[C@H]1O. The quantitative estimate of drug-likeness (QED) is 0.215. The fourth-order valence-corrected chi connectivity index (χ4v) is 4.41. The lowest BCUT2D eigenvalue weighted by Crippen LogP contribution is -2.38. The van der Waals surface area contributed by atoms with E-state index in [2.05, 4.69) is 20.4 Å². The molecule has 3 aromatic rings. The maximum absolute atomic E-state index is 14.0. The Morgan fingerprint density at radius 3 is 2.65 bits per heavy atom. The predicted octanol–water partition coefficient (Wildman–Crippen LogP) is 0.125. The van der Waals surface area contributed by atoms with Crippen LogP contribution < -0.4 is 10.0 Å². The number of benzene rings is 1. The van der Waals surface area contributed by atoms with Crippen molar-refractivity contribution in [3.8, 4) is 0 Å². The van der Waals surface area contributed by atoms with Gasteiger partial charge in [-0.25, -0.2) is 23.1 Å². The number of aromatic nitrogens is 4. The number of anilines is 1. The van der Waals surface area contributed by atoms with Crippen molar-refractivity contribution >= 4 is 21.9 Å². The second-order valence-corrected chi connectivity index (χ2v) is 9.64. The van der Waals surface area contributed by atoms with E-state index in [1.807, 2.05) is 4.72 Å². The van der Waals surface area contributed by atoms with E-state index in [4.69, 9.17) is 4.18 Å². The van der Waals surface area contributed by atoms with Crippen LogP contribution in [0.25, 0.3) is 0 Å². The average molecular weight is 542 g/mol. The fraction of sp³-hybridized carbons (Fsp3) is 0.333. The number of carbonyl (C=O) groups is 1. The molecule has 1 aromatic carbocycles. The summed E-state index contributed by atoms with van der Waals surface area (Å²) in [5.41, 5.74) is -0.355. The van der Waals surface area contributed by atoms with Gasteiger partial charge in [0.2, 0.25) is 5.78 Å². The summed E-state index contributed by atoms with van der Waals surface area (Å²) in [6, 6.07) is 1.48. The van der Waals surface area contributed by atoms with Gasteiger partial charge in [-0.3, -0.25) is 13.7 Å². The van der Waals surface area contributed by atoms with Gasteiger partial charge in [0, 0.05) is 37.5 Å². The number of nitrogens with zero attached hydrogens (tertiary/aromatic N) is 4. The third kappa shape index (κ3) is 5.78. The molecule has 0 saturated heterocycles. The van der Waals surface area contributed by atoms with E-state index in [-0.39, 0.29) is 35.6 Å². The number of hydrogen-bond donors (Lipinski definition) is 4. The van der Waals surface area contributed by atoms with E-state index in [0.29, 0.717) is 12.1 Å². The number of carbonyl (C=O) groups excluding carboxylic acids is 1. The van der Waals surface area contributed by atoms with Crippen LogP contribution in [0.15, 0.2) is 36.9 Å². The van der Waals surface area contributed by atoms with Crippen LogP contribution in [-0.2, 0) is 21.0 Å². The first-order valence-electron chi connectivity index (χ1n) is 10.7. The summed E-state index contributed by atoms with van der Waals surface area (Å²) in [6.07, 6.45) is -0.766. The molecule has 1 aliphatic rings. The Labute approximate surface area is 208 Å². The smallest absolute Gasteiger partial charge is 0.335 e. The molecule has 0 radical (unpaired) electrons. The van der Waals surface area contributed by atoms with Crippen LogP contribution in [0.2, 0.25) is 0 Å². The summed E-state index contributed by atoms with van der Waals surface area (Å²) in [6.45, 7) is -0.282. The number of ketones is 1. The highest BCUT2D eigenvalue weighted by molar-refractivity contribution is 7.84. The highest BCUT2D eigenvalue weighted by Gasteiger charge is 2.44. The Morgan fingerprint density at radius 1 is 1.19 bits per heavy atom. The first-order valence-corrected chi connectivity index (χ1v) is 12.2. The Hall–Kier alpha value is -3.44. The van der Waals surface area contributed by atoms with Crippen LogP contribution in [0.4, 0.5) is 19.0 Å². The Kier molecular flexibility index (Phi) is 7.56. The molecule has 0 spiro atoms. The van der Waals surface area contributed by atoms with Crippen molar-refractivity contribution in [1.82, 2.24) is 24.5 Å². The van der Waals surface area contributed by atoms with Crippen molar-refractivity contribution in [3.63, 3.8) is 0 Å². The summed E-state index contributed by atoms with van der Waals surface area (Å²) >= 11 is 0. The molecular weight excluding hydrogens is 521 g/mol. The molecule has 0 aliphatic heterocycles. The van der Waals surface area contributed by atoms with E-state index in [1.54, 1.807) is 0 Å². The summed E-state index contributed by atoms with van der Waals surface area (Å²) in [5, 5.41) is 27.4. The predicted molar refractivity (Wildman–Crippen MR) is 120 cm³/mol. The van der Waals surface area contributed by atoms with Crippen LogP contribution >= 0.6 is 0 Å². The van der Waals surface area contributed by atoms with Gasteiger partial charge < -0.3 is 15.5 Å². The van der Waals surface area contributed by atoms with E-state index in [0.717, 1.165) is 18.1 Å². The first kappa shape index (κ1) is 26.6. The van der Waals surface area contributed by atoms with Gasteiger partial charge in [-0.1, -0.05) is 0 Å². The minimum absolute atomic E-state index is 0.0328. The monoisotopic (exact) mass is 542 g/mol. The molecule has 12 nitrogen and oxygen atoms in total. The van der Waals surface area contributed by atoms with Crippen molar-refractivity contribution in [3.05, 3.63) is 71.2 Å². The van der Waals surface area contributed by atoms with E-state index >= 15 is 0 Å². The van der Waals surface area contributed by atoms with E-state index in [9.17, 15) is 36.6 Å². The lowest BCUT2D eigenvalue weighted by molar-refractivity contribution is -0.00882. The molecule has 4 N–H and O–H groups in total. The van der Waals surface area contributed by atoms with Gasteiger partial charge in [0.25, 0.3) is 0 Å². The standard InChI is InChI=1S/C21H21F3N6O6S/c1-25-37(34,35)36-17-6-16(19(32)20(17)33)28-21-11(7-26-9-27-21)18(31)15-2-3-30(29-15)8-10-4-13(23)14(24)5-12(10)22/h2-5,7,9,16-17,19-20,25,32-33H,6,8H2,1H3,(H,26,27,28)/t16-,17-,19+,20+/m1/s1. The molecule has 16 heteroatoms. The van der Waals surface area contributed by atoms with Gasteiger partial charge in [-0.15, -0.1) is 0 Å². The van der Waals surface area contributed by atoms with E-state index in [1.165, 1.54) is 18.5 Å². The van der Waals surface area contributed by atoms with Crippen molar-refractivity contribution in [2.45, 2.75) is 37.3 Å². The topological polar surface area (TPSA) is 169 Å². The van der Waals surface area contributed by atoms with Gasteiger partial charge in [0.1, 0.15) is 42.0 Å². The Morgan fingerprint density at radius 2 is 1.92 bits per heavy atom. The van der Waals surface area contributed by atoms with Gasteiger partial charge in [0.15, 0.2) is 11.6 Å². The highest BCUT2D eigenvalue weighted by atomic mass is 32.2. The van der Waals surface area contributed by atoms with Gasteiger partial charge >= 0.3 is 10.3 Å². The number of hydrogen-bond acceptors (Lipinski definition) is 10. The fourth-order valence-electron chi connectivity index (χ4n) is 3.79. The molecule has 0 unspecified atom stereocenters. The summed E-state index contributed by atoms with van der Waals surface area (Å²) in [7, 11) is -3.02. The number of aliphatic hydroxyl groups is 2. The van der Waals surface area contributed by atoms with Crippen LogP contribution in [0, 0.1) is 17.5 Å². The van der Waals surface area contributed by atoms with E-state index < -0.39 is 57.9 Å². The van der Waals surface area contributed by atoms with Crippen molar-refractivity contribution < 1.29 is 40.8 Å². The minimum Gasteiger partial charge on any atom is -0.388 e. The molecule has 1 aliphatic carbocycles. The molecule has 0 amide bonds. The number of rotatable bonds is 9. The molecule has 37 heavy (non-hydrogen) atoms. The highest BCUT2D eigenvalue weighted by Crippen LogP contribution is 2.28. The normalized spacial score (nSPS) is 21.8. The summed E-state index contributed by atoms with van der Waals surface area (Å²) in [4.78, 5) is 20.9. The molecular formula is C21H21F3N6O6S. The summed E-state index contributed by atoms with van der Waals surface area (Å²) in [5.74, 6) is -4.23. The average Bonchev–Trinajstić information content (AvgIpc) is 3.43. The first-order chi connectivity index (χ1) is 17.5. The molecule has 1 fully saturated rings. The van der Waals surface area contributed by atoms with Crippen molar-refractivity contribution in [2.75, 3.05) is 12.4 Å². The largest absolute Gasteiger partial charge is 0.388 e. The van der Waals surface area contributed by atoms with Gasteiger partial charge in [-0.2, -0.15) is 18.2 Å². The van der Waals surface area contributed by atoms with Gasteiger partial charge in [0.05, 0.1) is 18.2 Å². The molecule has 2 heterocycles. The summed E-state index contributed by atoms with van der Waals surface area (Å²) < 4.78 is 71.9. The Balaban J connectivity index is 1.51. The minimum atomic E-state index is -4.14. The molecule has 198 valence electrons. The van der Waals surface area contributed by atoms with Crippen molar-refractivity contribution in [2.24, 2.45) is 0 Å². The third-order valence-corrected chi connectivity index (χ3v) is 6.70. The second-order valence-electron chi connectivity index (χ2n) is 8.13. The number of halogens is 3. The van der Waals surface area contributed by atoms with Crippen molar-refractivity contribution in [1.29, 1.82) is 0 Å². The van der Waals surface area contributed by atoms with Crippen LogP contribution in [0.3, 0.4) is 0 Å².